The number of rotatable bonds is 4. The van der Waals surface area contributed by atoms with Gasteiger partial charge in [0.2, 0.25) is 0 Å². The van der Waals surface area contributed by atoms with Crippen LogP contribution in [0, 0.1) is 40.4 Å². The van der Waals surface area contributed by atoms with Crippen LogP contribution >= 0.6 is 0 Å². The van der Waals surface area contributed by atoms with Gasteiger partial charge in [-0.15, -0.1) is 0 Å². The molecule has 3 nitrogen and oxygen atoms in total. The van der Waals surface area contributed by atoms with Gasteiger partial charge in [-0.05, 0) is 85.9 Å². The van der Waals surface area contributed by atoms with Crippen LogP contribution in [0.15, 0.2) is 0 Å². The third-order valence-corrected chi connectivity index (χ3v) is 9.53. The van der Waals surface area contributed by atoms with Crippen molar-refractivity contribution >= 4 is 11.8 Å². The van der Waals surface area contributed by atoms with E-state index in [1.165, 1.54) is 51.4 Å². The second kappa shape index (κ2) is 9.52. The van der Waals surface area contributed by atoms with Crippen molar-refractivity contribution in [3.8, 4) is 0 Å². The fourth-order valence-electron chi connectivity index (χ4n) is 8.04. The first-order valence-electron chi connectivity index (χ1n) is 12.1. The summed E-state index contributed by atoms with van der Waals surface area (Å²) in [6.45, 7) is 8.96. The van der Waals surface area contributed by atoms with Gasteiger partial charge in [-0.2, -0.15) is 0 Å². The Labute approximate surface area is 179 Å². The molecule has 4 aliphatic carbocycles. The highest BCUT2D eigenvalue weighted by molar-refractivity contribution is 5.83. The predicted octanol–water partition coefficient (Wildman–Crippen LogP) is 7.13. The van der Waals surface area contributed by atoms with Gasteiger partial charge < -0.3 is 5.11 Å². The summed E-state index contributed by atoms with van der Waals surface area (Å²) in [5.41, 5.74) is 0.673. The van der Waals surface area contributed by atoms with Crippen LogP contribution in [0.25, 0.3) is 0 Å². The first-order valence-corrected chi connectivity index (χ1v) is 12.1. The molecule has 0 aliphatic heterocycles. The van der Waals surface area contributed by atoms with Crippen molar-refractivity contribution in [2.24, 2.45) is 40.4 Å². The molecule has 3 heteroatoms. The molecule has 0 heterocycles. The van der Waals surface area contributed by atoms with Gasteiger partial charge in [0.25, 0.3) is 0 Å². The van der Waals surface area contributed by atoms with Gasteiger partial charge in [-0.3, -0.25) is 9.59 Å². The van der Waals surface area contributed by atoms with Crippen molar-refractivity contribution in [1.29, 1.82) is 0 Å². The maximum Gasteiger partial charge on any atom is 0.303 e. The number of aliphatic carboxylic acids is 1. The van der Waals surface area contributed by atoms with E-state index in [1.54, 1.807) is 0 Å². The summed E-state index contributed by atoms with van der Waals surface area (Å²) < 4.78 is 0. The number of Topliss-reactive ketones (excluding diaryl/α,β-unsaturated/α-hetero) is 1. The van der Waals surface area contributed by atoms with Gasteiger partial charge in [0.05, 0.1) is 0 Å². The van der Waals surface area contributed by atoms with Crippen molar-refractivity contribution in [3.05, 3.63) is 0 Å². The summed E-state index contributed by atoms with van der Waals surface area (Å²) in [5.74, 6) is 2.65. The molecule has 4 rings (SSSR count). The summed E-state index contributed by atoms with van der Waals surface area (Å²) >= 11 is 0. The summed E-state index contributed by atoms with van der Waals surface area (Å²) in [7, 11) is 0. The SMILES string of the molecule is C.CC.CC12CCC3C(C(=O)CC4CCCCC43C)C1CCC2CCCC(=O)O. The normalized spacial score (nSPS) is 43.0. The molecule has 168 valence electrons. The topological polar surface area (TPSA) is 54.4 Å². The van der Waals surface area contributed by atoms with E-state index in [-0.39, 0.29) is 12.8 Å². The van der Waals surface area contributed by atoms with E-state index < -0.39 is 5.97 Å². The average Bonchev–Trinajstić information content (AvgIpc) is 3.00. The third-order valence-electron chi connectivity index (χ3n) is 9.53. The molecule has 0 aromatic heterocycles. The molecule has 0 aromatic rings. The van der Waals surface area contributed by atoms with Crippen molar-refractivity contribution in [1.82, 2.24) is 0 Å². The van der Waals surface area contributed by atoms with Crippen LogP contribution < -0.4 is 0 Å². The molecule has 4 saturated carbocycles. The number of hydrogen-bond donors (Lipinski definition) is 1. The van der Waals surface area contributed by atoms with Gasteiger partial charge in [0.1, 0.15) is 5.78 Å². The van der Waals surface area contributed by atoms with Crippen LogP contribution in [0.1, 0.15) is 112 Å². The number of fused-ring (bicyclic) bond motifs is 5. The van der Waals surface area contributed by atoms with Gasteiger partial charge >= 0.3 is 5.97 Å². The van der Waals surface area contributed by atoms with Crippen LogP contribution in [0.5, 0.6) is 0 Å². The second-order valence-electron chi connectivity index (χ2n) is 10.5. The maximum atomic E-state index is 13.2. The second-order valence-corrected chi connectivity index (χ2v) is 10.5. The molecule has 1 N–H and O–H groups in total. The summed E-state index contributed by atoms with van der Waals surface area (Å²) in [4.78, 5) is 24.1. The summed E-state index contributed by atoms with van der Waals surface area (Å²) in [6.07, 6.45) is 13.1. The first kappa shape index (κ1) is 24.4. The highest BCUT2D eigenvalue weighted by atomic mass is 16.4. The number of carboxylic acid groups (broad SMARTS) is 1. The minimum atomic E-state index is -0.674. The van der Waals surface area contributed by atoms with E-state index in [0.717, 1.165) is 19.3 Å². The van der Waals surface area contributed by atoms with E-state index in [2.05, 4.69) is 13.8 Å². The summed E-state index contributed by atoms with van der Waals surface area (Å²) in [6, 6.07) is 0. The molecule has 0 saturated heterocycles. The van der Waals surface area contributed by atoms with Gasteiger partial charge in [0.15, 0.2) is 0 Å². The molecule has 29 heavy (non-hydrogen) atoms. The van der Waals surface area contributed by atoms with E-state index in [4.69, 9.17) is 5.11 Å². The number of ketones is 1. The Hall–Kier alpha value is -0.860. The Morgan fingerprint density at radius 2 is 1.69 bits per heavy atom. The van der Waals surface area contributed by atoms with Crippen LogP contribution in [0.4, 0.5) is 0 Å². The van der Waals surface area contributed by atoms with Crippen molar-refractivity contribution in [3.63, 3.8) is 0 Å². The lowest BCUT2D eigenvalue weighted by Crippen LogP contribution is -2.56. The van der Waals surface area contributed by atoms with Crippen LogP contribution in [0.3, 0.4) is 0 Å². The highest BCUT2D eigenvalue weighted by Gasteiger charge is 2.61. The average molecular weight is 407 g/mol. The molecule has 0 radical (unpaired) electrons. The number of carbonyl (C=O) groups is 2. The third kappa shape index (κ3) is 4.17. The van der Waals surface area contributed by atoms with Crippen LogP contribution in [-0.2, 0) is 9.59 Å². The molecule has 4 aliphatic rings. The molecule has 0 bridgehead atoms. The van der Waals surface area contributed by atoms with Gasteiger partial charge in [-0.25, -0.2) is 0 Å². The monoisotopic (exact) mass is 406 g/mol. The van der Waals surface area contributed by atoms with Gasteiger partial charge in [-0.1, -0.05) is 48.0 Å². The molecule has 0 amide bonds. The first-order chi connectivity index (χ1) is 13.4. The van der Waals surface area contributed by atoms with E-state index in [1.807, 2.05) is 13.8 Å². The number of carbonyl (C=O) groups excluding carboxylic acids is 1. The van der Waals surface area contributed by atoms with Crippen molar-refractivity contribution in [2.45, 2.75) is 112 Å². The lowest BCUT2D eigenvalue weighted by molar-refractivity contribution is -0.155. The van der Waals surface area contributed by atoms with E-state index >= 15 is 0 Å². The number of carboxylic acids is 1. The van der Waals surface area contributed by atoms with Crippen molar-refractivity contribution < 1.29 is 14.7 Å². The molecule has 7 unspecified atom stereocenters. The van der Waals surface area contributed by atoms with Crippen LogP contribution in [-0.4, -0.2) is 16.9 Å². The summed E-state index contributed by atoms with van der Waals surface area (Å²) in [5, 5.41) is 8.97. The molecule has 0 spiro atoms. The Morgan fingerprint density at radius 3 is 2.38 bits per heavy atom. The smallest absolute Gasteiger partial charge is 0.303 e. The molecular weight excluding hydrogens is 360 g/mol. The Balaban J connectivity index is 0.000000970. The fraction of sp³-hybridized carbons (Fsp3) is 0.923. The fourth-order valence-corrected chi connectivity index (χ4v) is 8.04. The Morgan fingerprint density at radius 1 is 1.00 bits per heavy atom. The quantitative estimate of drug-likeness (QED) is 0.540. The predicted molar refractivity (Wildman–Crippen MR) is 120 cm³/mol. The zero-order valence-corrected chi connectivity index (χ0v) is 18.6. The molecule has 0 aromatic carbocycles. The number of hydrogen-bond acceptors (Lipinski definition) is 2. The molecule has 7 atom stereocenters. The minimum absolute atomic E-state index is 0. The standard InChI is InChI=1S/C23H36O3.C2H6.CH4/c1-22-12-4-3-6-16(22)14-19(24)21-17-10-9-15(7-5-8-20(25)26)23(17,2)13-11-18(21)22;1-2;/h15-18,21H,3-14H2,1-2H3,(H,25,26);1-2H3;1H4. The van der Waals surface area contributed by atoms with Crippen LogP contribution in [0.2, 0.25) is 0 Å². The highest BCUT2D eigenvalue weighted by Crippen LogP contribution is 2.67. The zero-order chi connectivity index (χ0) is 20.5. The minimum Gasteiger partial charge on any atom is -0.481 e. The lowest BCUT2D eigenvalue weighted by atomic mass is 9.44. The largest absolute Gasteiger partial charge is 0.481 e. The Kier molecular flexibility index (Phi) is 8.01. The lowest BCUT2D eigenvalue weighted by Gasteiger charge is -2.59. The molecule has 4 fully saturated rings. The van der Waals surface area contributed by atoms with E-state index in [0.29, 0.717) is 47.2 Å². The Bertz CT molecular complexity index is 585. The zero-order valence-electron chi connectivity index (χ0n) is 18.6. The maximum absolute atomic E-state index is 13.2. The van der Waals surface area contributed by atoms with E-state index in [9.17, 15) is 9.59 Å². The van der Waals surface area contributed by atoms with Crippen molar-refractivity contribution in [2.75, 3.05) is 0 Å². The molecular formula is C26H46O3. The van der Waals surface area contributed by atoms with Gasteiger partial charge in [0, 0.05) is 18.8 Å².